The molecule has 3 aromatic rings. The normalized spacial score (nSPS) is 21.9. The molecule has 2 fully saturated rings. The van der Waals surface area contributed by atoms with Gasteiger partial charge in [0, 0.05) is 36.4 Å². The number of amides is 2. The average molecular weight is 558 g/mol. The lowest BCUT2D eigenvalue weighted by molar-refractivity contribution is -0.274. The summed E-state index contributed by atoms with van der Waals surface area (Å²) in [4.78, 5) is 32.6. The highest BCUT2D eigenvalue weighted by atomic mass is 19.4. The third-order valence-electron chi connectivity index (χ3n) is 8.11. The van der Waals surface area contributed by atoms with Crippen LogP contribution in [0.3, 0.4) is 0 Å². The van der Waals surface area contributed by atoms with E-state index in [1.54, 1.807) is 17.0 Å². The number of nitrogens with one attached hydrogen (secondary N) is 1. The van der Waals surface area contributed by atoms with Crippen molar-refractivity contribution in [2.24, 2.45) is 11.7 Å². The first-order chi connectivity index (χ1) is 19.0. The Hall–Kier alpha value is -3.87. The van der Waals surface area contributed by atoms with Gasteiger partial charge in [-0.3, -0.25) is 9.59 Å². The summed E-state index contributed by atoms with van der Waals surface area (Å²) in [6.07, 6.45) is 1.76. The van der Waals surface area contributed by atoms with Gasteiger partial charge in [-0.2, -0.15) is 0 Å². The first kappa shape index (κ1) is 26.4. The number of aromatic nitrogens is 3. The number of anilines is 1. The predicted octanol–water partition coefficient (Wildman–Crippen LogP) is 3.63. The van der Waals surface area contributed by atoms with Crippen LogP contribution in [-0.2, 0) is 6.54 Å². The van der Waals surface area contributed by atoms with E-state index in [1.807, 2.05) is 6.92 Å². The molecule has 0 saturated heterocycles. The Kier molecular flexibility index (Phi) is 6.36. The molecule has 6 rings (SSSR count). The van der Waals surface area contributed by atoms with Gasteiger partial charge in [0.2, 0.25) is 0 Å². The lowest BCUT2D eigenvalue weighted by Crippen LogP contribution is -2.42. The fourth-order valence-electron chi connectivity index (χ4n) is 5.90. The number of benzene rings is 1. The van der Waals surface area contributed by atoms with Crippen molar-refractivity contribution in [1.82, 2.24) is 24.8 Å². The van der Waals surface area contributed by atoms with Crippen molar-refractivity contribution in [3.63, 3.8) is 0 Å². The zero-order valence-corrected chi connectivity index (χ0v) is 21.9. The number of nitrogens with two attached hydrogens (primary N) is 2. The molecule has 13 heteroatoms. The average Bonchev–Trinajstić information content (AvgIpc) is 3.59. The summed E-state index contributed by atoms with van der Waals surface area (Å²) in [6.45, 7) is 2.09. The molecule has 2 saturated carbocycles. The van der Waals surface area contributed by atoms with E-state index < -0.39 is 23.9 Å². The second kappa shape index (κ2) is 9.65. The Bertz CT molecular complexity index is 1500. The Morgan fingerprint density at radius 1 is 1.23 bits per heavy atom. The second-order valence-electron chi connectivity index (χ2n) is 11.0. The van der Waals surface area contributed by atoms with Gasteiger partial charge in [0.1, 0.15) is 11.3 Å². The van der Waals surface area contributed by atoms with Crippen LogP contribution in [0.4, 0.5) is 19.0 Å². The van der Waals surface area contributed by atoms with Crippen molar-refractivity contribution < 1.29 is 27.5 Å². The van der Waals surface area contributed by atoms with Crippen molar-refractivity contribution in [3.8, 4) is 17.0 Å². The van der Waals surface area contributed by atoms with Gasteiger partial charge in [-0.1, -0.05) is 0 Å². The SMILES string of the molecule is CC(C1CC1)N1Cc2cc(-c3ccn4nc(N)c(C(=O)NC5CCCC(N)C5)c4n3)cc(OC(F)(F)F)c2C1=O. The van der Waals surface area contributed by atoms with Gasteiger partial charge in [-0.25, -0.2) is 9.50 Å². The van der Waals surface area contributed by atoms with Crippen molar-refractivity contribution in [1.29, 1.82) is 0 Å². The monoisotopic (exact) mass is 557 g/mol. The number of alkyl halides is 3. The molecule has 40 heavy (non-hydrogen) atoms. The number of halogens is 3. The summed E-state index contributed by atoms with van der Waals surface area (Å²) in [5.41, 5.74) is 13.3. The van der Waals surface area contributed by atoms with Gasteiger partial charge in [-0.15, -0.1) is 18.3 Å². The molecule has 5 N–H and O–H groups in total. The number of fused-ring (bicyclic) bond motifs is 2. The largest absolute Gasteiger partial charge is 0.573 e. The third kappa shape index (κ3) is 4.93. The van der Waals surface area contributed by atoms with E-state index in [9.17, 15) is 22.8 Å². The van der Waals surface area contributed by atoms with Crippen LogP contribution in [0, 0.1) is 5.92 Å². The van der Waals surface area contributed by atoms with Gasteiger partial charge in [0.05, 0.1) is 11.3 Å². The lowest BCUT2D eigenvalue weighted by Gasteiger charge is -2.27. The minimum atomic E-state index is -4.99. The highest BCUT2D eigenvalue weighted by molar-refractivity contribution is 6.05. The number of carbonyl (C=O) groups is 2. The molecule has 3 aliphatic rings. The van der Waals surface area contributed by atoms with E-state index in [0.717, 1.165) is 38.2 Å². The van der Waals surface area contributed by atoms with Crippen molar-refractivity contribution in [2.75, 3.05) is 5.73 Å². The van der Waals surface area contributed by atoms with Crippen LogP contribution in [0.2, 0.25) is 0 Å². The fraction of sp³-hybridized carbons (Fsp3) is 0.481. The molecule has 3 heterocycles. The maximum Gasteiger partial charge on any atom is 0.573 e. The highest BCUT2D eigenvalue weighted by Crippen LogP contribution is 2.42. The van der Waals surface area contributed by atoms with Gasteiger partial charge >= 0.3 is 6.36 Å². The first-order valence-corrected chi connectivity index (χ1v) is 13.4. The smallest absolute Gasteiger partial charge is 0.405 e. The topological polar surface area (TPSA) is 141 Å². The minimum Gasteiger partial charge on any atom is -0.405 e. The molecular weight excluding hydrogens is 527 g/mol. The standard InChI is InChI=1S/C27H30F3N7O3/c1-13(14-5-6-14)36-12-16-9-15(10-20(21(16)26(36)39)40-27(28,29)30)19-7-8-37-24(34-19)22(23(32)35-37)25(38)33-18-4-2-3-17(31)11-18/h7-10,13-14,17-18H,2-6,11-12,31H2,1H3,(H2,32,35)(H,33,38). The van der Waals surface area contributed by atoms with Crippen LogP contribution in [0.15, 0.2) is 24.4 Å². The highest BCUT2D eigenvalue weighted by Gasteiger charge is 2.42. The summed E-state index contributed by atoms with van der Waals surface area (Å²) in [5.74, 6) is -1.17. The summed E-state index contributed by atoms with van der Waals surface area (Å²) in [7, 11) is 0. The van der Waals surface area contributed by atoms with Crippen molar-refractivity contribution >= 4 is 23.3 Å². The molecule has 212 valence electrons. The summed E-state index contributed by atoms with van der Waals surface area (Å²) >= 11 is 0. The van der Waals surface area contributed by atoms with Gasteiger partial charge < -0.3 is 26.4 Å². The Morgan fingerprint density at radius 3 is 2.70 bits per heavy atom. The van der Waals surface area contributed by atoms with Crippen LogP contribution < -0.4 is 21.5 Å². The summed E-state index contributed by atoms with van der Waals surface area (Å²) in [6, 6.07) is 4.18. The van der Waals surface area contributed by atoms with Crippen LogP contribution in [0.1, 0.15) is 71.7 Å². The Labute approximate surface area is 227 Å². The number of ether oxygens (including phenoxy) is 1. The third-order valence-corrected chi connectivity index (χ3v) is 8.11. The maximum atomic E-state index is 13.4. The second-order valence-corrected chi connectivity index (χ2v) is 11.0. The van der Waals surface area contributed by atoms with E-state index in [2.05, 4.69) is 20.1 Å². The number of hydrogen-bond donors (Lipinski definition) is 3. The molecule has 10 nitrogen and oxygen atoms in total. The summed E-state index contributed by atoms with van der Waals surface area (Å²) < 4.78 is 45.9. The number of carbonyl (C=O) groups excluding carboxylic acids is 2. The first-order valence-electron chi connectivity index (χ1n) is 13.4. The molecule has 1 aromatic carbocycles. The number of nitrogens with zero attached hydrogens (tertiary/aromatic N) is 4. The fourth-order valence-corrected chi connectivity index (χ4v) is 5.90. The molecule has 2 aromatic heterocycles. The zero-order valence-electron chi connectivity index (χ0n) is 21.9. The molecule has 0 radical (unpaired) electrons. The van der Waals surface area contributed by atoms with Crippen LogP contribution in [0.5, 0.6) is 5.75 Å². The number of hydrogen-bond acceptors (Lipinski definition) is 7. The number of nitrogen functional groups attached to an aromatic ring is 1. The summed E-state index contributed by atoms with van der Waals surface area (Å²) in [5, 5.41) is 7.15. The molecule has 0 spiro atoms. The Morgan fingerprint density at radius 2 is 2.00 bits per heavy atom. The number of rotatable bonds is 6. The van der Waals surface area contributed by atoms with Crippen molar-refractivity contribution in [2.45, 2.75) is 76.5 Å². The molecule has 2 aliphatic carbocycles. The van der Waals surface area contributed by atoms with Crippen molar-refractivity contribution in [3.05, 3.63) is 41.1 Å². The maximum absolute atomic E-state index is 13.4. The predicted molar refractivity (Wildman–Crippen MR) is 139 cm³/mol. The van der Waals surface area contributed by atoms with Gasteiger partial charge in [0.25, 0.3) is 11.8 Å². The molecule has 2 amide bonds. The molecular formula is C27H30F3N7O3. The van der Waals surface area contributed by atoms with Crippen LogP contribution in [0.25, 0.3) is 16.9 Å². The van der Waals surface area contributed by atoms with Crippen LogP contribution >= 0.6 is 0 Å². The van der Waals surface area contributed by atoms with E-state index in [-0.39, 0.29) is 53.0 Å². The molecule has 1 aliphatic heterocycles. The van der Waals surface area contributed by atoms with E-state index in [4.69, 9.17) is 11.5 Å². The minimum absolute atomic E-state index is 0.00743. The Balaban J connectivity index is 1.37. The van der Waals surface area contributed by atoms with Gasteiger partial charge in [0.15, 0.2) is 11.5 Å². The van der Waals surface area contributed by atoms with E-state index in [0.29, 0.717) is 23.5 Å². The molecule has 0 bridgehead atoms. The molecule has 3 atom stereocenters. The zero-order chi connectivity index (χ0) is 28.3. The van der Waals surface area contributed by atoms with Crippen LogP contribution in [-0.4, -0.2) is 55.8 Å². The quantitative estimate of drug-likeness (QED) is 0.420. The van der Waals surface area contributed by atoms with E-state index in [1.165, 1.54) is 10.7 Å². The van der Waals surface area contributed by atoms with E-state index >= 15 is 0 Å². The lowest BCUT2D eigenvalue weighted by atomic mass is 9.91. The molecule has 3 unspecified atom stereocenters. The van der Waals surface area contributed by atoms with Gasteiger partial charge in [-0.05, 0) is 75.1 Å².